The summed E-state index contributed by atoms with van der Waals surface area (Å²) in [4.78, 5) is 25.4. The van der Waals surface area contributed by atoms with Crippen molar-refractivity contribution >= 4 is 21.9 Å². The van der Waals surface area contributed by atoms with Crippen LogP contribution < -0.4 is 4.74 Å². The average Bonchev–Trinajstić information content (AvgIpc) is 2.79. The Kier molecular flexibility index (Phi) is 7.29. The third-order valence-electron chi connectivity index (χ3n) is 5.19. The van der Waals surface area contributed by atoms with E-state index in [2.05, 4.69) is 0 Å². The third kappa shape index (κ3) is 5.62. The standard InChI is InChI=1S/C22H26N2O6S/c1-17(25)23-12-14-24(15-13-23)31(27,28)21-9-5-19(6-10-21)22(26)30-16-11-18-3-7-20(29-2)8-4-18/h3-10H,11-16H2,1-2H3. The number of sulfonamides is 1. The van der Waals surface area contributed by atoms with Crippen LogP contribution in [0.1, 0.15) is 22.8 Å². The van der Waals surface area contributed by atoms with Crippen molar-refractivity contribution < 1.29 is 27.5 Å². The minimum atomic E-state index is -3.68. The van der Waals surface area contributed by atoms with E-state index in [0.29, 0.717) is 19.5 Å². The lowest BCUT2D eigenvalue weighted by Gasteiger charge is -2.33. The molecule has 1 aliphatic rings. The van der Waals surface area contributed by atoms with Crippen molar-refractivity contribution in [1.29, 1.82) is 0 Å². The van der Waals surface area contributed by atoms with E-state index in [-0.39, 0.29) is 36.1 Å². The minimum absolute atomic E-state index is 0.0631. The Labute approximate surface area is 182 Å². The topological polar surface area (TPSA) is 93.2 Å². The zero-order valence-corrected chi connectivity index (χ0v) is 18.4. The molecule has 0 aliphatic carbocycles. The molecule has 166 valence electrons. The fraction of sp³-hybridized carbons (Fsp3) is 0.364. The smallest absolute Gasteiger partial charge is 0.338 e. The van der Waals surface area contributed by atoms with Gasteiger partial charge in [0.1, 0.15) is 5.75 Å². The SMILES string of the molecule is COc1ccc(CCOC(=O)c2ccc(S(=O)(=O)N3CCN(C(C)=O)CC3)cc2)cc1. The molecule has 1 aliphatic heterocycles. The van der Waals surface area contributed by atoms with Crippen LogP contribution in [0.15, 0.2) is 53.4 Å². The van der Waals surface area contributed by atoms with Crippen LogP contribution >= 0.6 is 0 Å². The molecule has 0 spiro atoms. The molecule has 0 atom stereocenters. The minimum Gasteiger partial charge on any atom is -0.497 e. The summed E-state index contributed by atoms with van der Waals surface area (Å²) in [5.41, 5.74) is 1.30. The third-order valence-corrected chi connectivity index (χ3v) is 7.11. The van der Waals surface area contributed by atoms with Crippen LogP contribution in [0, 0.1) is 0 Å². The van der Waals surface area contributed by atoms with Crippen LogP contribution in [-0.4, -0.2) is 69.4 Å². The lowest BCUT2D eigenvalue weighted by molar-refractivity contribution is -0.129. The Hall–Kier alpha value is -2.91. The average molecular weight is 447 g/mol. The van der Waals surface area contributed by atoms with Crippen LogP contribution in [-0.2, 0) is 26.0 Å². The van der Waals surface area contributed by atoms with E-state index in [9.17, 15) is 18.0 Å². The summed E-state index contributed by atoms with van der Waals surface area (Å²) in [6, 6.07) is 13.2. The number of nitrogens with zero attached hydrogens (tertiary/aromatic N) is 2. The predicted molar refractivity (Wildman–Crippen MR) is 114 cm³/mol. The van der Waals surface area contributed by atoms with E-state index < -0.39 is 16.0 Å². The fourth-order valence-electron chi connectivity index (χ4n) is 3.29. The first-order valence-corrected chi connectivity index (χ1v) is 11.4. The molecule has 1 saturated heterocycles. The van der Waals surface area contributed by atoms with Gasteiger partial charge in [-0.05, 0) is 42.0 Å². The highest BCUT2D eigenvalue weighted by molar-refractivity contribution is 7.89. The summed E-state index contributed by atoms with van der Waals surface area (Å²) in [5.74, 6) is 0.191. The lowest BCUT2D eigenvalue weighted by atomic mass is 10.1. The molecule has 0 radical (unpaired) electrons. The molecule has 1 amide bonds. The van der Waals surface area contributed by atoms with Gasteiger partial charge in [-0.15, -0.1) is 0 Å². The molecule has 3 rings (SSSR count). The summed E-state index contributed by atoms with van der Waals surface area (Å²) >= 11 is 0. The second-order valence-electron chi connectivity index (χ2n) is 7.17. The van der Waals surface area contributed by atoms with Crippen LogP contribution in [0.25, 0.3) is 0 Å². The van der Waals surface area contributed by atoms with E-state index in [1.807, 2.05) is 24.3 Å². The van der Waals surface area contributed by atoms with Crippen LogP contribution in [0.4, 0.5) is 0 Å². The molecule has 0 saturated carbocycles. The maximum absolute atomic E-state index is 12.8. The van der Waals surface area contributed by atoms with Gasteiger partial charge < -0.3 is 14.4 Å². The maximum Gasteiger partial charge on any atom is 0.338 e. The molecular weight excluding hydrogens is 420 g/mol. The van der Waals surface area contributed by atoms with Crippen LogP contribution in [0.2, 0.25) is 0 Å². The molecule has 0 bridgehead atoms. The van der Waals surface area contributed by atoms with E-state index in [1.165, 1.54) is 35.5 Å². The molecule has 1 fully saturated rings. The number of rotatable bonds is 7. The largest absolute Gasteiger partial charge is 0.497 e. The summed E-state index contributed by atoms with van der Waals surface area (Å²) in [6.45, 7) is 2.92. The Bertz CT molecular complexity index is 1010. The number of piperazine rings is 1. The molecule has 0 aromatic heterocycles. The number of hydrogen-bond donors (Lipinski definition) is 0. The van der Waals surface area contributed by atoms with Gasteiger partial charge in [0.2, 0.25) is 15.9 Å². The molecule has 0 unspecified atom stereocenters. The van der Waals surface area contributed by atoms with Gasteiger partial charge in [-0.1, -0.05) is 12.1 Å². The molecule has 31 heavy (non-hydrogen) atoms. The highest BCUT2D eigenvalue weighted by Crippen LogP contribution is 2.19. The van der Waals surface area contributed by atoms with E-state index in [0.717, 1.165) is 11.3 Å². The van der Waals surface area contributed by atoms with Gasteiger partial charge >= 0.3 is 5.97 Å². The first-order chi connectivity index (χ1) is 14.8. The zero-order chi connectivity index (χ0) is 22.4. The second kappa shape index (κ2) is 9.93. The monoisotopic (exact) mass is 446 g/mol. The van der Waals surface area contributed by atoms with E-state index in [4.69, 9.17) is 9.47 Å². The Morgan fingerprint density at radius 2 is 1.55 bits per heavy atom. The van der Waals surface area contributed by atoms with Crippen LogP contribution in [0.5, 0.6) is 5.75 Å². The maximum atomic E-state index is 12.8. The quantitative estimate of drug-likeness (QED) is 0.604. The Morgan fingerprint density at radius 1 is 0.935 bits per heavy atom. The second-order valence-corrected chi connectivity index (χ2v) is 9.11. The van der Waals surface area contributed by atoms with Crippen molar-refractivity contribution in [2.45, 2.75) is 18.2 Å². The Balaban J connectivity index is 1.55. The van der Waals surface area contributed by atoms with Crippen molar-refractivity contribution in [1.82, 2.24) is 9.21 Å². The van der Waals surface area contributed by atoms with E-state index >= 15 is 0 Å². The molecule has 0 N–H and O–H groups in total. The summed E-state index contributed by atoms with van der Waals surface area (Å²) in [6.07, 6.45) is 0.564. The van der Waals surface area contributed by atoms with Crippen LogP contribution in [0.3, 0.4) is 0 Å². The molecule has 8 nitrogen and oxygen atoms in total. The van der Waals surface area contributed by atoms with Gasteiger partial charge in [-0.2, -0.15) is 4.31 Å². The number of hydrogen-bond acceptors (Lipinski definition) is 6. The highest BCUT2D eigenvalue weighted by Gasteiger charge is 2.29. The molecule has 2 aromatic rings. The Morgan fingerprint density at radius 3 is 2.10 bits per heavy atom. The predicted octanol–water partition coefficient (Wildman–Crippen LogP) is 1.95. The first-order valence-electron chi connectivity index (χ1n) is 9.97. The zero-order valence-electron chi connectivity index (χ0n) is 17.6. The van der Waals surface area contributed by atoms with Crippen molar-refractivity contribution in [3.05, 3.63) is 59.7 Å². The van der Waals surface area contributed by atoms with Crippen molar-refractivity contribution in [3.63, 3.8) is 0 Å². The van der Waals surface area contributed by atoms with Gasteiger partial charge in [0.15, 0.2) is 0 Å². The van der Waals surface area contributed by atoms with Gasteiger partial charge in [0.25, 0.3) is 0 Å². The molecule has 1 heterocycles. The number of carbonyl (C=O) groups is 2. The summed E-state index contributed by atoms with van der Waals surface area (Å²) in [5, 5.41) is 0. The van der Waals surface area contributed by atoms with Gasteiger partial charge in [-0.3, -0.25) is 4.79 Å². The first kappa shape index (κ1) is 22.8. The van der Waals surface area contributed by atoms with E-state index in [1.54, 1.807) is 12.0 Å². The molecule has 2 aromatic carbocycles. The fourth-order valence-corrected chi connectivity index (χ4v) is 4.71. The normalized spacial score (nSPS) is 14.8. The number of benzene rings is 2. The molecular formula is C22H26N2O6S. The van der Waals surface area contributed by atoms with Gasteiger partial charge in [0.05, 0.1) is 24.2 Å². The number of carbonyl (C=O) groups excluding carboxylic acids is 2. The summed E-state index contributed by atoms with van der Waals surface area (Å²) < 4.78 is 37.4. The lowest BCUT2D eigenvalue weighted by Crippen LogP contribution is -2.49. The number of ether oxygens (including phenoxy) is 2. The highest BCUT2D eigenvalue weighted by atomic mass is 32.2. The number of esters is 1. The van der Waals surface area contributed by atoms with Crippen molar-refractivity contribution in [2.24, 2.45) is 0 Å². The van der Waals surface area contributed by atoms with Gasteiger partial charge in [-0.25, -0.2) is 13.2 Å². The number of amides is 1. The molecule has 9 heteroatoms. The summed E-state index contributed by atoms with van der Waals surface area (Å²) in [7, 11) is -2.08. The van der Waals surface area contributed by atoms with Crippen molar-refractivity contribution in [2.75, 3.05) is 39.9 Å². The number of methoxy groups -OCH3 is 1. The van der Waals surface area contributed by atoms with Gasteiger partial charge in [0, 0.05) is 39.5 Å². The van der Waals surface area contributed by atoms with Crippen molar-refractivity contribution in [3.8, 4) is 5.75 Å².